The lowest BCUT2D eigenvalue weighted by molar-refractivity contribution is -0.135. The minimum absolute atomic E-state index is 0.0423. The number of piperazine rings is 1. The van der Waals surface area contributed by atoms with E-state index in [-0.39, 0.29) is 12.5 Å². The number of nitrogens with zero attached hydrogens (tertiary/aromatic N) is 9. The summed E-state index contributed by atoms with van der Waals surface area (Å²) in [6, 6.07) is 15.4. The van der Waals surface area contributed by atoms with Crippen LogP contribution in [0.1, 0.15) is 37.8 Å². The summed E-state index contributed by atoms with van der Waals surface area (Å²) in [6.07, 6.45) is 7.94. The number of carbonyl (C=O) groups excluding carboxylic acids is 2. The molecule has 1 saturated heterocycles. The third kappa shape index (κ3) is 7.11. The molecule has 1 N–H and O–H groups in total. The van der Waals surface area contributed by atoms with Crippen LogP contribution in [0.2, 0.25) is 0 Å². The molecular weight excluding hydrogens is 612 g/mol. The van der Waals surface area contributed by atoms with E-state index in [9.17, 15) is 14.9 Å². The molecule has 5 heterocycles. The van der Waals surface area contributed by atoms with Crippen LogP contribution in [0.5, 0.6) is 0 Å². The van der Waals surface area contributed by atoms with Gasteiger partial charge in [0.25, 0.3) is 0 Å². The summed E-state index contributed by atoms with van der Waals surface area (Å²) in [5, 5.41) is 18.4. The molecule has 14 heteroatoms. The Morgan fingerprint density at radius 3 is 2.40 bits per heavy atom. The second kappa shape index (κ2) is 13.5. The zero-order chi connectivity index (χ0) is 33.8. The van der Waals surface area contributed by atoms with Gasteiger partial charge in [0.1, 0.15) is 28.6 Å². The number of aromatic nitrogens is 6. The summed E-state index contributed by atoms with van der Waals surface area (Å²) in [4.78, 5) is 44.9. The number of ether oxygens (including phenoxy) is 1. The molecule has 1 aliphatic heterocycles. The fraction of sp³-hybridized carbons (Fsp3) is 0.324. The molecule has 0 spiro atoms. The number of fused-ring (bicyclic) bond motifs is 1. The van der Waals surface area contributed by atoms with E-state index in [4.69, 9.17) is 19.5 Å². The maximum absolute atomic E-state index is 13.7. The van der Waals surface area contributed by atoms with E-state index in [1.165, 1.54) is 6.20 Å². The van der Waals surface area contributed by atoms with Crippen molar-refractivity contribution >= 4 is 23.3 Å². The van der Waals surface area contributed by atoms with E-state index in [1.807, 2.05) is 60.6 Å². The number of hydrogen-bond acceptors (Lipinski definition) is 10. The molecular formula is C34H36N10O4. The van der Waals surface area contributed by atoms with Crippen molar-refractivity contribution in [1.29, 1.82) is 5.26 Å². The maximum Gasteiger partial charge on any atom is 0.431 e. The lowest BCUT2D eigenvalue weighted by atomic mass is 9.98. The van der Waals surface area contributed by atoms with Crippen molar-refractivity contribution in [2.45, 2.75) is 32.3 Å². The number of carbonyl (C=O) groups is 2. The molecule has 0 saturated carbocycles. The van der Waals surface area contributed by atoms with Crippen molar-refractivity contribution in [2.24, 2.45) is 7.05 Å². The van der Waals surface area contributed by atoms with Crippen molar-refractivity contribution in [2.75, 3.05) is 37.7 Å². The van der Waals surface area contributed by atoms with Crippen molar-refractivity contribution < 1.29 is 19.2 Å². The average Bonchev–Trinajstić information content (AvgIpc) is 3.72. The number of hydroxylamine groups is 1. The summed E-state index contributed by atoms with van der Waals surface area (Å²) < 4.78 is 8.60. The van der Waals surface area contributed by atoms with Gasteiger partial charge in [0, 0.05) is 56.7 Å². The molecule has 1 atom stereocenters. The van der Waals surface area contributed by atoms with E-state index in [1.54, 1.807) is 48.6 Å². The van der Waals surface area contributed by atoms with Crippen LogP contribution in [0, 0.1) is 11.3 Å². The monoisotopic (exact) mass is 648 g/mol. The minimum Gasteiger partial charge on any atom is -0.442 e. The Morgan fingerprint density at radius 2 is 1.75 bits per heavy atom. The van der Waals surface area contributed by atoms with Gasteiger partial charge in [-0.25, -0.2) is 19.3 Å². The number of nitrogens with one attached hydrogen (secondary N) is 1. The zero-order valence-corrected chi connectivity index (χ0v) is 27.2. The van der Waals surface area contributed by atoms with Gasteiger partial charge in [-0.3, -0.25) is 14.3 Å². The standard InChI is InChI=1S/C34H36N10O4/c1-34(2,3)48-33(46)40-47-22-27(23-8-6-5-7-9-23)32(45)43-14-12-42(13-15-43)29-11-10-24(17-36-29)30-31-25(16-35)18-38-44(31)21-28(39-30)26-19-37-41(4)20-26/h5-11,17-21,27H,12-15,22H2,1-4H3,(H,40,46)/t27-/m0/s1. The molecule has 48 heavy (non-hydrogen) atoms. The first-order chi connectivity index (χ1) is 23.1. The van der Waals surface area contributed by atoms with Crippen LogP contribution in [0.25, 0.3) is 28.0 Å². The molecule has 246 valence electrons. The normalized spacial score (nSPS) is 14.1. The van der Waals surface area contributed by atoms with Gasteiger partial charge in [-0.1, -0.05) is 30.3 Å². The van der Waals surface area contributed by atoms with E-state index in [2.05, 4.69) is 26.6 Å². The second-order valence-electron chi connectivity index (χ2n) is 12.4. The highest BCUT2D eigenvalue weighted by Crippen LogP contribution is 2.30. The zero-order valence-electron chi connectivity index (χ0n) is 27.2. The first-order valence-corrected chi connectivity index (χ1v) is 15.5. The van der Waals surface area contributed by atoms with Gasteiger partial charge in [0.05, 0.1) is 42.5 Å². The number of benzene rings is 1. The molecule has 5 aromatic rings. The van der Waals surface area contributed by atoms with Gasteiger partial charge in [-0.05, 0) is 38.5 Å². The van der Waals surface area contributed by atoms with Crippen LogP contribution < -0.4 is 10.4 Å². The van der Waals surface area contributed by atoms with Crippen LogP contribution in [-0.4, -0.2) is 84.6 Å². The van der Waals surface area contributed by atoms with E-state index >= 15 is 0 Å². The van der Waals surface area contributed by atoms with Crippen LogP contribution in [-0.2, 0) is 21.4 Å². The highest BCUT2D eigenvalue weighted by atomic mass is 16.7. The highest BCUT2D eigenvalue weighted by molar-refractivity contribution is 5.85. The van der Waals surface area contributed by atoms with E-state index in [0.717, 1.165) is 22.5 Å². The minimum atomic E-state index is -0.717. The molecule has 0 aliphatic carbocycles. The Kier molecular flexibility index (Phi) is 9.04. The Bertz CT molecular complexity index is 1950. The Morgan fingerprint density at radius 1 is 0.979 bits per heavy atom. The molecule has 14 nitrogen and oxygen atoms in total. The smallest absolute Gasteiger partial charge is 0.431 e. The number of aryl methyl sites for hydroxylation is 1. The molecule has 1 aromatic carbocycles. The summed E-state index contributed by atoms with van der Waals surface area (Å²) in [5.74, 6) is 0.0651. The predicted molar refractivity (Wildman–Crippen MR) is 176 cm³/mol. The molecule has 4 aromatic heterocycles. The number of nitriles is 1. The third-order valence-electron chi connectivity index (χ3n) is 7.86. The Hall–Kier alpha value is -5.81. The van der Waals surface area contributed by atoms with Crippen molar-refractivity contribution in [3.05, 3.63) is 84.6 Å². The van der Waals surface area contributed by atoms with Gasteiger partial charge in [0.2, 0.25) is 5.91 Å². The predicted octanol–water partition coefficient (Wildman–Crippen LogP) is 3.95. The van der Waals surface area contributed by atoms with Crippen molar-refractivity contribution in [3.8, 4) is 28.6 Å². The van der Waals surface area contributed by atoms with Crippen molar-refractivity contribution in [3.63, 3.8) is 0 Å². The number of hydrogen-bond donors (Lipinski definition) is 1. The third-order valence-corrected chi connectivity index (χ3v) is 7.86. The number of pyridine rings is 1. The van der Waals surface area contributed by atoms with Crippen LogP contribution in [0.4, 0.5) is 10.6 Å². The number of rotatable bonds is 8. The Balaban J connectivity index is 1.14. The summed E-state index contributed by atoms with van der Waals surface area (Å²) >= 11 is 0. The second-order valence-corrected chi connectivity index (χ2v) is 12.4. The summed E-state index contributed by atoms with van der Waals surface area (Å²) in [7, 11) is 1.84. The topological polar surface area (TPSA) is 156 Å². The van der Waals surface area contributed by atoms with Gasteiger partial charge >= 0.3 is 6.09 Å². The molecule has 0 unspecified atom stereocenters. The van der Waals surface area contributed by atoms with Crippen LogP contribution in [0.15, 0.2) is 73.4 Å². The van der Waals surface area contributed by atoms with Crippen molar-refractivity contribution in [1.82, 2.24) is 39.7 Å². The fourth-order valence-corrected chi connectivity index (χ4v) is 5.56. The largest absolute Gasteiger partial charge is 0.442 e. The Labute approximate surface area is 277 Å². The lowest BCUT2D eigenvalue weighted by Crippen LogP contribution is -2.51. The summed E-state index contributed by atoms with van der Waals surface area (Å²) in [6.45, 7) is 7.38. The molecule has 0 bridgehead atoms. The van der Waals surface area contributed by atoms with Gasteiger partial charge < -0.3 is 14.5 Å². The molecule has 1 aliphatic rings. The molecule has 1 fully saturated rings. The van der Waals surface area contributed by atoms with E-state index < -0.39 is 17.6 Å². The molecule has 0 radical (unpaired) electrons. The van der Waals surface area contributed by atoms with Crippen LogP contribution in [0.3, 0.4) is 0 Å². The number of amides is 2. The SMILES string of the molecule is Cn1cc(-c2cn3ncc(C#N)c3c(-c3ccc(N4CCN(C(=O)[C@@H](CONC(=O)OC(C)(C)C)c5ccccc5)CC4)nc3)n2)cn1. The quantitative estimate of drug-likeness (QED) is 0.245. The van der Waals surface area contributed by atoms with E-state index in [0.29, 0.717) is 48.6 Å². The lowest BCUT2D eigenvalue weighted by Gasteiger charge is -2.37. The first kappa shape index (κ1) is 32.1. The fourth-order valence-electron chi connectivity index (χ4n) is 5.56. The van der Waals surface area contributed by atoms with Gasteiger partial charge in [-0.15, -0.1) is 0 Å². The summed E-state index contributed by atoms with van der Waals surface area (Å²) in [5.41, 5.74) is 6.26. The highest BCUT2D eigenvalue weighted by Gasteiger charge is 2.30. The molecule has 6 rings (SSSR count). The van der Waals surface area contributed by atoms with Gasteiger partial charge in [-0.2, -0.15) is 20.9 Å². The maximum atomic E-state index is 13.7. The van der Waals surface area contributed by atoms with Crippen LogP contribution >= 0.6 is 0 Å². The van der Waals surface area contributed by atoms with Gasteiger partial charge in [0.15, 0.2) is 0 Å². The average molecular weight is 649 g/mol. The number of anilines is 1. The molecule has 2 amide bonds. The first-order valence-electron chi connectivity index (χ1n) is 15.5.